The Labute approximate surface area is 182 Å². The molecule has 0 saturated heterocycles. The molecule has 0 bridgehead atoms. The number of benzene rings is 1. The van der Waals surface area contributed by atoms with Crippen LogP contribution in [0.4, 0.5) is 21.0 Å². The van der Waals surface area contributed by atoms with Crippen molar-refractivity contribution in [3.05, 3.63) is 52.4 Å². The summed E-state index contributed by atoms with van der Waals surface area (Å²) in [6.07, 6.45) is 1.43. The molecule has 0 saturated carbocycles. The molecule has 0 aliphatic carbocycles. The summed E-state index contributed by atoms with van der Waals surface area (Å²) in [6.45, 7) is 7.66. The van der Waals surface area contributed by atoms with E-state index >= 15 is 0 Å². The van der Waals surface area contributed by atoms with E-state index in [4.69, 9.17) is 4.74 Å². The second kappa shape index (κ2) is 9.52. The van der Waals surface area contributed by atoms with Crippen LogP contribution in [-0.2, 0) is 0 Å². The fraction of sp³-hybridized carbons (Fsp3) is 0.238. The lowest BCUT2D eigenvalue weighted by atomic mass is 10.1. The molecule has 4 aromatic rings. The third kappa shape index (κ3) is 4.64. The van der Waals surface area contributed by atoms with Gasteiger partial charge >= 0.3 is 0 Å². The highest BCUT2D eigenvalue weighted by Gasteiger charge is 2.18. The van der Waals surface area contributed by atoms with Crippen molar-refractivity contribution in [2.24, 2.45) is 0 Å². The number of thiazole rings is 1. The van der Waals surface area contributed by atoms with Crippen molar-refractivity contribution < 1.29 is 13.9 Å². The molecule has 0 atom stereocenters. The number of aryl methyl sites for hydroxylation is 2. The minimum absolute atomic E-state index is 0.0898. The molecule has 3 N–H and O–H groups in total. The van der Waals surface area contributed by atoms with Crippen molar-refractivity contribution in [2.75, 3.05) is 17.7 Å². The highest BCUT2D eigenvalue weighted by atomic mass is 32.1. The molecule has 1 amide bonds. The lowest BCUT2D eigenvalue weighted by Crippen LogP contribution is -2.12. The summed E-state index contributed by atoms with van der Waals surface area (Å²) in [6, 6.07) is 6.46. The molecule has 3 aromatic heterocycles. The van der Waals surface area contributed by atoms with Gasteiger partial charge in [-0.25, -0.2) is 9.37 Å². The van der Waals surface area contributed by atoms with Crippen molar-refractivity contribution in [3.8, 4) is 5.88 Å². The van der Waals surface area contributed by atoms with E-state index in [0.29, 0.717) is 38.3 Å². The summed E-state index contributed by atoms with van der Waals surface area (Å²) >= 11 is 1.13. The van der Waals surface area contributed by atoms with Crippen molar-refractivity contribution >= 4 is 44.8 Å². The van der Waals surface area contributed by atoms with Gasteiger partial charge in [0, 0.05) is 17.1 Å². The van der Waals surface area contributed by atoms with E-state index in [1.54, 1.807) is 19.1 Å². The van der Waals surface area contributed by atoms with Crippen LogP contribution in [-0.4, -0.2) is 33.2 Å². The van der Waals surface area contributed by atoms with E-state index in [0.717, 1.165) is 16.9 Å². The zero-order valence-corrected chi connectivity index (χ0v) is 18.6. The number of anilines is 3. The average molecular weight is 443 g/mol. The number of hydrogen-bond donors (Lipinski definition) is 3. The maximum absolute atomic E-state index is 14.4. The van der Waals surface area contributed by atoms with Gasteiger partial charge in [-0.05, 0) is 31.5 Å². The van der Waals surface area contributed by atoms with Crippen molar-refractivity contribution in [2.45, 2.75) is 27.7 Å². The molecule has 162 valence electrons. The molecule has 0 aliphatic rings. The van der Waals surface area contributed by atoms with E-state index in [1.165, 1.54) is 19.4 Å². The number of aromatic amines is 1. The predicted molar refractivity (Wildman–Crippen MR) is 121 cm³/mol. The van der Waals surface area contributed by atoms with E-state index in [9.17, 15) is 9.18 Å². The molecular weight excluding hydrogens is 419 g/mol. The molecule has 0 spiro atoms. The van der Waals surface area contributed by atoms with Gasteiger partial charge in [-0.3, -0.25) is 9.89 Å². The molecule has 4 rings (SSSR count). The molecule has 10 heteroatoms. The van der Waals surface area contributed by atoms with E-state index < -0.39 is 11.7 Å². The number of carbonyl (C=O) groups is 1. The topological polar surface area (TPSA) is 105 Å². The number of pyridine rings is 1. The fourth-order valence-corrected chi connectivity index (χ4v) is 3.54. The number of ether oxygens (including phenoxy) is 1. The SMILES string of the molecule is CC.COc1ccc(C)c(Nc2ncc(C(=O)Nc3c(F)ccc4n[nH]c(C)c34)s2)n1. The average Bonchev–Trinajstić information content (AvgIpc) is 3.40. The van der Waals surface area contributed by atoms with Crippen LogP contribution in [0.5, 0.6) is 5.88 Å². The first kappa shape index (κ1) is 22.2. The number of rotatable bonds is 5. The van der Waals surface area contributed by atoms with Crippen molar-refractivity contribution in [1.82, 2.24) is 20.2 Å². The second-order valence-corrected chi connectivity index (χ2v) is 7.32. The van der Waals surface area contributed by atoms with Gasteiger partial charge in [0.05, 0.1) is 24.5 Å². The monoisotopic (exact) mass is 442 g/mol. The molecule has 1 aromatic carbocycles. The lowest BCUT2D eigenvalue weighted by molar-refractivity contribution is 0.103. The van der Waals surface area contributed by atoms with Gasteiger partial charge in [0.15, 0.2) is 5.13 Å². The van der Waals surface area contributed by atoms with Gasteiger partial charge < -0.3 is 15.4 Å². The summed E-state index contributed by atoms with van der Waals surface area (Å²) in [5.41, 5.74) is 2.23. The number of halogens is 1. The number of aromatic nitrogens is 4. The first-order valence-electron chi connectivity index (χ1n) is 9.65. The fourth-order valence-electron chi connectivity index (χ4n) is 2.83. The Morgan fingerprint density at radius 1 is 1.19 bits per heavy atom. The Morgan fingerprint density at radius 2 is 1.97 bits per heavy atom. The Balaban J connectivity index is 0.00000132. The third-order valence-electron chi connectivity index (χ3n) is 4.33. The van der Waals surface area contributed by atoms with Gasteiger partial charge in [0.2, 0.25) is 5.88 Å². The van der Waals surface area contributed by atoms with Gasteiger partial charge in [0.1, 0.15) is 16.5 Å². The van der Waals surface area contributed by atoms with Crippen LogP contribution in [0.15, 0.2) is 30.5 Å². The van der Waals surface area contributed by atoms with Gasteiger partial charge in [-0.1, -0.05) is 31.3 Å². The predicted octanol–water partition coefficient (Wildman–Crippen LogP) is 5.20. The summed E-state index contributed by atoms with van der Waals surface area (Å²) in [5.74, 6) is 0.0504. The highest BCUT2D eigenvalue weighted by molar-refractivity contribution is 7.17. The van der Waals surface area contributed by atoms with Gasteiger partial charge in [-0.2, -0.15) is 10.1 Å². The van der Waals surface area contributed by atoms with Crippen LogP contribution in [0.1, 0.15) is 34.8 Å². The smallest absolute Gasteiger partial charge is 0.267 e. The molecule has 8 nitrogen and oxygen atoms in total. The zero-order valence-electron chi connectivity index (χ0n) is 17.8. The standard InChI is InChI=1S/C19H17FN6O2S.C2H6/c1-9-4-7-14(28-3)22-17(9)24-19-21-8-13(29-19)18(27)23-16-11(20)5-6-12-15(16)10(2)25-26-12;1-2/h4-8H,1-3H3,(H,23,27)(H,25,26)(H,21,22,24);1-2H3. The minimum atomic E-state index is -0.533. The van der Waals surface area contributed by atoms with E-state index in [1.807, 2.05) is 26.8 Å². The van der Waals surface area contributed by atoms with E-state index in [-0.39, 0.29) is 5.69 Å². The maximum atomic E-state index is 14.4. The van der Waals surface area contributed by atoms with E-state index in [2.05, 4.69) is 30.8 Å². The first-order valence-corrected chi connectivity index (χ1v) is 10.5. The molecule has 0 unspecified atom stereocenters. The number of carbonyl (C=O) groups excluding carboxylic acids is 1. The summed E-state index contributed by atoms with van der Waals surface area (Å²) in [5, 5.41) is 13.6. The van der Waals surface area contributed by atoms with Crippen LogP contribution in [0.25, 0.3) is 10.9 Å². The maximum Gasteiger partial charge on any atom is 0.267 e. The number of H-pyrrole nitrogens is 1. The Hall–Kier alpha value is -3.53. The first-order chi connectivity index (χ1) is 15.0. The molecular formula is C21H23FN6O2S. The van der Waals surface area contributed by atoms with Crippen molar-refractivity contribution in [1.29, 1.82) is 0 Å². The largest absolute Gasteiger partial charge is 0.481 e. The second-order valence-electron chi connectivity index (χ2n) is 6.29. The van der Waals surface area contributed by atoms with Crippen LogP contribution in [0.3, 0.4) is 0 Å². The number of amides is 1. The van der Waals surface area contributed by atoms with Gasteiger partial charge in [-0.15, -0.1) is 0 Å². The lowest BCUT2D eigenvalue weighted by Gasteiger charge is -2.08. The Morgan fingerprint density at radius 3 is 2.71 bits per heavy atom. The highest BCUT2D eigenvalue weighted by Crippen LogP contribution is 2.30. The Bertz CT molecular complexity index is 1220. The molecule has 0 aliphatic heterocycles. The number of nitrogens with one attached hydrogen (secondary N) is 3. The van der Waals surface area contributed by atoms with Gasteiger partial charge in [0.25, 0.3) is 5.91 Å². The summed E-state index contributed by atoms with van der Waals surface area (Å²) < 4.78 is 19.5. The normalized spacial score (nSPS) is 10.4. The van der Waals surface area contributed by atoms with Crippen LogP contribution in [0.2, 0.25) is 0 Å². The molecule has 0 fully saturated rings. The number of nitrogens with zero attached hydrogens (tertiary/aromatic N) is 3. The Kier molecular flexibility index (Phi) is 6.81. The minimum Gasteiger partial charge on any atom is -0.481 e. The molecule has 31 heavy (non-hydrogen) atoms. The molecule has 0 radical (unpaired) electrons. The number of methoxy groups -OCH3 is 1. The van der Waals surface area contributed by atoms with Crippen LogP contribution in [0, 0.1) is 19.7 Å². The van der Waals surface area contributed by atoms with Crippen LogP contribution >= 0.6 is 11.3 Å². The summed E-state index contributed by atoms with van der Waals surface area (Å²) in [7, 11) is 1.54. The third-order valence-corrected chi connectivity index (χ3v) is 5.24. The van der Waals surface area contributed by atoms with Crippen LogP contribution < -0.4 is 15.4 Å². The molecule has 3 heterocycles. The quantitative estimate of drug-likeness (QED) is 0.392. The zero-order chi connectivity index (χ0) is 22.5. The van der Waals surface area contributed by atoms with Crippen molar-refractivity contribution in [3.63, 3.8) is 0 Å². The number of fused-ring (bicyclic) bond motifs is 1. The number of hydrogen-bond acceptors (Lipinski definition) is 7. The summed E-state index contributed by atoms with van der Waals surface area (Å²) in [4.78, 5) is 21.5.